The van der Waals surface area contributed by atoms with E-state index in [9.17, 15) is 9.59 Å². The Bertz CT molecular complexity index is 687. The minimum absolute atomic E-state index is 0.219. The molecule has 5 heteroatoms. The van der Waals surface area contributed by atoms with Crippen LogP contribution in [0.3, 0.4) is 0 Å². The molecule has 0 radical (unpaired) electrons. The van der Waals surface area contributed by atoms with E-state index in [2.05, 4.69) is 31.3 Å². The number of hydrogen-bond donors (Lipinski definition) is 2. The maximum Gasteiger partial charge on any atom is 0.252 e. The molecule has 0 aliphatic carbocycles. The van der Waals surface area contributed by atoms with Gasteiger partial charge in [0.2, 0.25) is 5.91 Å². The number of carbonyl (C=O) groups is 2. The zero-order valence-corrected chi connectivity index (χ0v) is 13.8. The van der Waals surface area contributed by atoms with Crippen LogP contribution in [0.1, 0.15) is 36.7 Å². The number of hydrogen-bond acceptors (Lipinski definition) is 3. The number of primary amides is 1. The lowest BCUT2D eigenvalue weighted by molar-refractivity contribution is -0.114. The normalized spacial score (nSPS) is 10.7. The summed E-state index contributed by atoms with van der Waals surface area (Å²) in [6, 6.07) is 8.11. The highest BCUT2D eigenvalue weighted by Crippen LogP contribution is 2.35. The van der Waals surface area contributed by atoms with E-state index >= 15 is 0 Å². The maximum atomic E-state index is 11.7. The summed E-state index contributed by atoms with van der Waals surface area (Å²) >= 11 is 1.31. The first-order chi connectivity index (χ1) is 10.4. The second kappa shape index (κ2) is 6.75. The van der Waals surface area contributed by atoms with Crippen molar-refractivity contribution >= 4 is 28.2 Å². The van der Waals surface area contributed by atoms with Gasteiger partial charge in [-0.05, 0) is 23.5 Å². The Morgan fingerprint density at radius 1 is 1.23 bits per heavy atom. The topological polar surface area (TPSA) is 72.2 Å². The van der Waals surface area contributed by atoms with Crippen LogP contribution in [0.4, 0.5) is 5.00 Å². The lowest BCUT2D eigenvalue weighted by Gasteiger charge is -2.07. The number of thiophene rings is 1. The molecule has 2 amide bonds. The molecule has 1 aromatic heterocycles. The van der Waals surface area contributed by atoms with Gasteiger partial charge in [0.05, 0.1) is 5.56 Å². The van der Waals surface area contributed by atoms with Crippen molar-refractivity contribution in [2.24, 2.45) is 11.7 Å². The van der Waals surface area contributed by atoms with E-state index in [0.717, 1.165) is 17.5 Å². The van der Waals surface area contributed by atoms with Crippen molar-refractivity contribution in [2.75, 3.05) is 5.32 Å². The molecule has 1 aromatic carbocycles. The highest BCUT2D eigenvalue weighted by molar-refractivity contribution is 7.15. The first-order valence-electron chi connectivity index (χ1n) is 7.16. The summed E-state index contributed by atoms with van der Waals surface area (Å²) in [4.78, 5) is 23.0. The van der Waals surface area contributed by atoms with Crippen molar-refractivity contribution in [3.8, 4) is 11.1 Å². The maximum absolute atomic E-state index is 11.7. The van der Waals surface area contributed by atoms with E-state index in [1.54, 1.807) is 0 Å². The second-order valence-corrected chi connectivity index (χ2v) is 6.57. The third-order valence-corrected chi connectivity index (χ3v) is 4.13. The van der Waals surface area contributed by atoms with E-state index in [1.165, 1.54) is 23.8 Å². The van der Waals surface area contributed by atoms with Gasteiger partial charge < -0.3 is 11.1 Å². The molecular formula is C17H20N2O2S. The number of benzene rings is 1. The molecule has 2 aromatic rings. The average molecular weight is 316 g/mol. The van der Waals surface area contributed by atoms with Gasteiger partial charge in [-0.1, -0.05) is 38.1 Å². The minimum Gasteiger partial charge on any atom is -0.365 e. The highest BCUT2D eigenvalue weighted by Gasteiger charge is 2.18. The largest absolute Gasteiger partial charge is 0.365 e. The van der Waals surface area contributed by atoms with Crippen LogP contribution in [-0.4, -0.2) is 11.8 Å². The van der Waals surface area contributed by atoms with Crippen molar-refractivity contribution in [3.63, 3.8) is 0 Å². The molecule has 2 rings (SSSR count). The molecule has 0 bridgehead atoms. The summed E-state index contributed by atoms with van der Waals surface area (Å²) in [5, 5.41) is 5.01. The summed E-state index contributed by atoms with van der Waals surface area (Å²) in [5.74, 6) is -0.158. The van der Waals surface area contributed by atoms with Gasteiger partial charge in [-0.15, -0.1) is 11.3 Å². The van der Waals surface area contributed by atoms with Gasteiger partial charge in [-0.2, -0.15) is 0 Å². The molecule has 3 N–H and O–H groups in total. The van der Waals surface area contributed by atoms with Crippen LogP contribution >= 0.6 is 11.3 Å². The van der Waals surface area contributed by atoms with Crippen LogP contribution < -0.4 is 11.1 Å². The number of nitrogens with one attached hydrogen (secondary N) is 1. The first-order valence-corrected chi connectivity index (χ1v) is 8.04. The Balaban J connectivity index is 2.37. The standard InChI is InChI=1S/C17H20N2O2S/c1-10(2)8-12-4-6-13(7-5-12)14-9-22-17(19-11(3)20)15(14)16(18)21/h4-7,9-10H,8H2,1-3H3,(H2,18,21)(H,19,20). The predicted molar refractivity (Wildman–Crippen MR) is 91.1 cm³/mol. The van der Waals surface area contributed by atoms with Gasteiger partial charge >= 0.3 is 0 Å². The van der Waals surface area contributed by atoms with Crippen molar-refractivity contribution in [2.45, 2.75) is 27.2 Å². The van der Waals surface area contributed by atoms with E-state index in [1.807, 2.05) is 17.5 Å². The average Bonchev–Trinajstić information content (AvgIpc) is 2.81. The fourth-order valence-corrected chi connectivity index (χ4v) is 3.38. The van der Waals surface area contributed by atoms with Gasteiger partial charge in [0.15, 0.2) is 0 Å². The fourth-order valence-electron chi connectivity index (χ4n) is 2.36. The fraction of sp³-hybridized carbons (Fsp3) is 0.294. The number of nitrogens with two attached hydrogens (primary N) is 1. The molecule has 0 unspecified atom stereocenters. The van der Waals surface area contributed by atoms with Gasteiger partial charge in [0.25, 0.3) is 5.91 Å². The quantitative estimate of drug-likeness (QED) is 0.883. The molecule has 1 heterocycles. The van der Waals surface area contributed by atoms with Crippen LogP contribution in [0.15, 0.2) is 29.6 Å². The number of amides is 2. The molecule has 116 valence electrons. The second-order valence-electron chi connectivity index (χ2n) is 5.69. The Kier molecular flexibility index (Phi) is 4.98. The molecule has 22 heavy (non-hydrogen) atoms. The van der Waals surface area contributed by atoms with E-state index in [0.29, 0.717) is 16.5 Å². The Morgan fingerprint density at radius 3 is 2.36 bits per heavy atom. The first kappa shape index (κ1) is 16.2. The van der Waals surface area contributed by atoms with Gasteiger partial charge in [-0.25, -0.2) is 0 Å². The summed E-state index contributed by atoms with van der Waals surface area (Å²) in [6.45, 7) is 5.76. The van der Waals surface area contributed by atoms with Gasteiger partial charge in [-0.3, -0.25) is 9.59 Å². The third-order valence-electron chi connectivity index (χ3n) is 3.24. The molecule has 0 aliphatic rings. The van der Waals surface area contributed by atoms with Crippen molar-refractivity contribution in [1.82, 2.24) is 0 Å². The summed E-state index contributed by atoms with van der Waals surface area (Å²) in [7, 11) is 0. The molecule has 0 aliphatic heterocycles. The van der Waals surface area contributed by atoms with Crippen LogP contribution in [0.5, 0.6) is 0 Å². The van der Waals surface area contributed by atoms with E-state index in [4.69, 9.17) is 5.73 Å². The zero-order chi connectivity index (χ0) is 16.3. The third kappa shape index (κ3) is 3.74. The minimum atomic E-state index is -0.536. The number of carbonyl (C=O) groups excluding carboxylic acids is 2. The molecule has 0 saturated heterocycles. The Morgan fingerprint density at radius 2 is 1.86 bits per heavy atom. The van der Waals surface area contributed by atoms with Gasteiger partial charge in [0.1, 0.15) is 5.00 Å². The molecule has 0 atom stereocenters. The Labute approximate surface area is 134 Å². The smallest absolute Gasteiger partial charge is 0.252 e. The molecule has 0 spiro atoms. The van der Waals surface area contributed by atoms with Crippen molar-refractivity contribution in [1.29, 1.82) is 0 Å². The van der Waals surface area contributed by atoms with E-state index < -0.39 is 5.91 Å². The molecule has 0 saturated carbocycles. The molecule has 4 nitrogen and oxygen atoms in total. The molecule has 0 fully saturated rings. The van der Waals surface area contributed by atoms with Crippen LogP contribution in [0, 0.1) is 5.92 Å². The molecular weight excluding hydrogens is 296 g/mol. The number of rotatable bonds is 5. The SMILES string of the molecule is CC(=O)Nc1scc(-c2ccc(CC(C)C)cc2)c1C(N)=O. The Hall–Kier alpha value is -2.14. The van der Waals surface area contributed by atoms with Crippen LogP contribution in [-0.2, 0) is 11.2 Å². The lowest BCUT2D eigenvalue weighted by Crippen LogP contribution is -2.15. The van der Waals surface area contributed by atoms with Crippen molar-refractivity contribution < 1.29 is 9.59 Å². The van der Waals surface area contributed by atoms with Gasteiger partial charge in [0, 0.05) is 17.9 Å². The summed E-state index contributed by atoms with van der Waals surface area (Å²) in [6.07, 6.45) is 1.02. The predicted octanol–water partition coefficient (Wildman–Crippen LogP) is 3.67. The van der Waals surface area contributed by atoms with Crippen LogP contribution in [0.2, 0.25) is 0 Å². The monoisotopic (exact) mass is 316 g/mol. The number of anilines is 1. The van der Waals surface area contributed by atoms with Crippen LogP contribution in [0.25, 0.3) is 11.1 Å². The highest BCUT2D eigenvalue weighted by atomic mass is 32.1. The van der Waals surface area contributed by atoms with E-state index in [-0.39, 0.29) is 5.91 Å². The summed E-state index contributed by atoms with van der Waals surface area (Å²) in [5.41, 5.74) is 8.80. The van der Waals surface area contributed by atoms with Crippen molar-refractivity contribution in [3.05, 3.63) is 40.8 Å². The zero-order valence-electron chi connectivity index (χ0n) is 13.0. The summed E-state index contributed by atoms with van der Waals surface area (Å²) < 4.78 is 0. The lowest BCUT2D eigenvalue weighted by atomic mass is 9.98.